The van der Waals surface area contributed by atoms with Crippen LogP contribution in [0.5, 0.6) is 11.5 Å². The van der Waals surface area contributed by atoms with Gasteiger partial charge in [0, 0.05) is 12.4 Å². The van der Waals surface area contributed by atoms with Gasteiger partial charge in [-0.1, -0.05) is 23.6 Å². The first-order valence-corrected chi connectivity index (χ1v) is 16.3. The normalized spacial score (nSPS) is 12.5. The zero-order chi connectivity index (χ0) is 35.0. The van der Waals surface area contributed by atoms with Crippen LogP contribution in [0.4, 0.5) is 28.4 Å². The monoisotopic (exact) mass is 760 g/mol. The van der Waals surface area contributed by atoms with Gasteiger partial charge >= 0.3 is 65.1 Å². The molecular formula is C27H19ClN8Na2O10S2. The molecule has 0 spiro atoms. The summed E-state index contributed by atoms with van der Waals surface area (Å²) in [5.74, 6) is -2.92. The van der Waals surface area contributed by atoms with E-state index in [0.29, 0.717) is 0 Å². The number of carbonyl (C=O) groups is 1. The molecule has 0 aliphatic carbocycles. The molecular weight excluding hydrogens is 742 g/mol. The van der Waals surface area contributed by atoms with Gasteiger partial charge in [0.05, 0.1) is 27.5 Å². The van der Waals surface area contributed by atoms with Crippen molar-refractivity contribution in [3.63, 3.8) is 0 Å². The van der Waals surface area contributed by atoms with E-state index in [1.807, 2.05) is 0 Å². The average Bonchev–Trinajstić information content (AvgIpc) is 2.99. The Morgan fingerprint density at radius 2 is 1.52 bits per heavy atom. The number of fused-ring (bicyclic) bond motifs is 1. The van der Waals surface area contributed by atoms with E-state index < -0.39 is 53.1 Å². The number of aromatic carboxylic acids is 1. The summed E-state index contributed by atoms with van der Waals surface area (Å²) >= 11 is 6.04. The Kier molecular flexibility index (Phi) is 13.1. The molecule has 0 fully saturated rings. The van der Waals surface area contributed by atoms with Crippen molar-refractivity contribution in [1.82, 2.24) is 15.0 Å². The third-order valence-corrected chi connectivity index (χ3v) is 8.31. The molecule has 0 aliphatic heterocycles. The number of anilines is 1. The summed E-state index contributed by atoms with van der Waals surface area (Å²) in [6, 6.07) is 11.2. The molecule has 5 aromatic rings. The van der Waals surface area contributed by atoms with Gasteiger partial charge in [0.25, 0.3) is 20.2 Å². The van der Waals surface area contributed by atoms with Crippen LogP contribution in [0.1, 0.15) is 10.4 Å². The Hall–Kier alpha value is -3.67. The average molecular weight is 761 g/mol. The molecule has 4 aromatic carbocycles. The van der Waals surface area contributed by atoms with Crippen molar-refractivity contribution in [3.8, 4) is 11.5 Å². The number of benzene rings is 4. The van der Waals surface area contributed by atoms with Crippen molar-refractivity contribution in [2.75, 3.05) is 12.4 Å². The summed E-state index contributed by atoms with van der Waals surface area (Å²) in [5, 5.41) is 44.1. The Labute approximate surface area is 330 Å². The van der Waals surface area contributed by atoms with E-state index in [0.717, 1.165) is 36.4 Å². The maximum absolute atomic E-state index is 12.6. The van der Waals surface area contributed by atoms with Crippen molar-refractivity contribution in [2.45, 2.75) is 9.79 Å². The number of aromatic amines is 2. The Bertz CT molecular complexity index is 2540. The molecule has 1 aromatic heterocycles. The quantitative estimate of drug-likeness (QED) is 0.0518. The number of hydrogen-bond donors (Lipinski definition) is 6. The molecule has 0 aliphatic rings. The van der Waals surface area contributed by atoms with Crippen LogP contribution in [0.25, 0.3) is 10.8 Å². The number of nitrogens with one attached hydrogen (secondary N) is 3. The van der Waals surface area contributed by atoms with Crippen LogP contribution in [0.3, 0.4) is 0 Å². The maximum atomic E-state index is 12.6. The van der Waals surface area contributed by atoms with Gasteiger partial charge in [-0.05, 0) is 65.5 Å². The smallest absolute Gasteiger partial charge is 0.872 e. The topological polar surface area (TPSA) is 298 Å². The fraction of sp³-hybridized carbons (Fsp3) is 0.0370. The first-order chi connectivity index (χ1) is 22.5. The van der Waals surface area contributed by atoms with Crippen molar-refractivity contribution >= 4 is 77.0 Å². The van der Waals surface area contributed by atoms with Crippen molar-refractivity contribution < 1.29 is 105 Å². The van der Waals surface area contributed by atoms with E-state index >= 15 is 0 Å². The molecule has 0 unspecified atom stereocenters. The molecule has 0 saturated carbocycles. The van der Waals surface area contributed by atoms with Crippen LogP contribution >= 0.6 is 11.6 Å². The predicted molar refractivity (Wildman–Crippen MR) is 164 cm³/mol. The van der Waals surface area contributed by atoms with Gasteiger partial charge in [-0.15, -0.1) is 10.2 Å². The van der Waals surface area contributed by atoms with Crippen LogP contribution < -0.4 is 85.9 Å². The van der Waals surface area contributed by atoms with Gasteiger partial charge in [-0.25, -0.2) is 14.8 Å². The number of nitrogens with zero attached hydrogens (tertiary/aromatic N) is 5. The van der Waals surface area contributed by atoms with Gasteiger partial charge in [-0.3, -0.25) is 14.1 Å². The van der Waals surface area contributed by atoms with Gasteiger partial charge < -0.3 is 25.6 Å². The molecule has 0 amide bonds. The Balaban J connectivity index is 0.00000338. The minimum Gasteiger partial charge on any atom is -0.872 e. The van der Waals surface area contributed by atoms with Gasteiger partial charge in [-0.2, -0.15) is 21.8 Å². The largest absolute Gasteiger partial charge is 1.00 e. The van der Waals surface area contributed by atoms with E-state index in [1.54, 1.807) is 0 Å². The predicted octanol–water partition coefficient (Wildman–Crippen LogP) is -3.19. The van der Waals surface area contributed by atoms with Gasteiger partial charge in [0.2, 0.25) is 16.5 Å². The number of carboxylic acid groups (broad SMARTS) is 1. The van der Waals surface area contributed by atoms with Crippen LogP contribution in [-0.4, -0.2) is 59.0 Å². The van der Waals surface area contributed by atoms with Crippen LogP contribution in [0.2, 0.25) is 5.28 Å². The number of aromatic nitrogens is 3. The van der Waals surface area contributed by atoms with Crippen LogP contribution in [0.15, 0.2) is 90.7 Å². The number of H-pyrrole nitrogens is 2. The third-order valence-electron chi connectivity index (χ3n) is 6.41. The molecule has 0 bridgehead atoms. The molecule has 1 heterocycles. The van der Waals surface area contributed by atoms with Gasteiger partial charge in [0.15, 0.2) is 0 Å². The SMILES string of the molecule is CNc1ccc2c([O-])cc(S(=O)(=O)O)cc2c1N=Nc1ccc(N=c2[nH]c(Cl)nc(=Nc3ccc([O-])c(C(=O)O)c3)[nH]2)cc1S(=O)(=O)O.[Na+].[Na+]. The second kappa shape index (κ2) is 16.1. The van der Waals surface area contributed by atoms with E-state index in [9.17, 15) is 46.1 Å². The van der Waals surface area contributed by atoms with Crippen molar-refractivity contribution in [3.05, 3.63) is 82.7 Å². The van der Waals surface area contributed by atoms with E-state index in [-0.39, 0.29) is 115 Å². The molecule has 23 heteroatoms. The minimum absolute atomic E-state index is 0. The summed E-state index contributed by atoms with van der Waals surface area (Å²) in [7, 11) is -8.24. The molecule has 0 saturated heterocycles. The number of hydrogen-bond acceptors (Lipinski definition) is 13. The molecule has 0 radical (unpaired) electrons. The first-order valence-electron chi connectivity index (χ1n) is 13.0. The van der Waals surface area contributed by atoms with E-state index in [2.05, 4.69) is 40.5 Å². The van der Waals surface area contributed by atoms with E-state index in [4.69, 9.17) is 11.6 Å². The number of carboxylic acids is 1. The number of halogens is 1. The second-order valence-electron chi connectivity index (χ2n) is 9.56. The summed E-state index contributed by atoms with van der Waals surface area (Å²) in [4.78, 5) is 27.3. The van der Waals surface area contributed by atoms with Gasteiger partial charge in [0.1, 0.15) is 16.3 Å². The van der Waals surface area contributed by atoms with Crippen molar-refractivity contribution in [1.29, 1.82) is 0 Å². The minimum atomic E-state index is -4.96. The second-order valence-corrected chi connectivity index (χ2v) is 12.7. The number of rotatable bonds is 8. The summed E-state index contributed by atoms with van der Waals surface area (Å²) in [5.41, 5.74) is -1.06. The third kappa shape index (κ3) is 9.35. The molecule has 248 valence electrons. The summed E-state index contributed by atoms with van der Waals surface area (Å²) < 4.78 is 67.7. The Morgan fingerprint density at radius 1 is 0.840 bits per heavy atom. The molecule has 0 atom stereocenters. The fourth-order valence-electron chi connectivity index (χ4n) is 4.28. The zero-order valence-electron chi connectivity index (χ0n) is 25.9. The van der Waals surface area contributed by atoms with Crippen LogP contribution in [-0.2, 0) is 20.2 Å². The molecule has 50 heavy (non-hydrogen) atoms. The fourth-order valence-corrected chi connectivity index (χ4v) is 5.62. The number of azo groups is 1. The standard InChI is InChI=1S/C27H21ClN8O10S2.2Na/c1-29-19-6-4-15-16(10-14(11-21(15)38)47(41,42)43)23(19)36-35-18-5-2-13(9-22(18)48(44,45)46)31-27-33-25(28)32-26(34-27)30-12-3-7-20(37)17(8-12)24(39)40;;/h2-11,29,37-38H,1H3,(H,39,40)(H,41,42,43)(H,44,45,46)(H2,30,31,32,33,34);;/q;2*+1/p-2. The molecule has 18 nitrogen and oxygen atoms in total. The maximum Gasteiger partial charge on any atom is 1.00 e. The summed E-state index contributed by atoms with van der Waals surface area (Å²) in [6.07, 6.45) is 0. The van der Waals surface area contributed by atoms with Crippen molar-refractivity contribution in [2.24, 2.45) is 20.2 Å². The molecule has 6 N–H and O–H groups in total. The summed E-state index contributed by atoms with van der Waals surface area (Å²) in [6.45, 7) is 0. The zero-order valence-corrected chi connectivity index (χ0v) is 32.3. The Morgan fingerprint density at radius 3 is 2.16 bits per heavy atom. The molecule has 5 rings (SSSR count). The first kappa shape index (κ1) is 40.8. The van der Waals surface area contributed by atoms with E-state index in [1.165, 1.54) is 31.3 Å². The van der Waals surface area contributed by atoms with Crippen LogP contribution in [0, 0.1) is 0 Å².